The van der Waals surface area contributed by atoms with Gasteiger partial charge in [0.2, 0.25) is 0 Å². The lowest BCUT2D eigenvalue weighted by Gasteiger charge is -2.07. The summed E-state index contributed by atoms with van der Waals surface area (Å²) in [5.74, 6) is 0.00106. The van der Waals surface area contributed by atoms with Gasteiger partial charge in [-0.3, -0.25) is 14.2 Å². The molecule has 0 aromatic carbocycles. The molecule has 2 rings (SSSR count). The number of nitrogens with zero attached hydrogens (tertiary/aromatic N) is 2. The van der Waals surface area contributed by atoms with E-state index in [0.29, 0.717) is 11.3 Å². The Labute approximate surface area is 108 Å². The van der Waals surface area contributed by atoms with Crippen molar-refractivity contribution in [1.29, 1.82) is 0 Å². The zero-order valence-corrected chi connectivity index (χ0v) is 10.8. The van der Waals surface area contributed by atoms with Crippen LogP contribution in [-0.4, -0.2) is 15.0 Å². The van der Waals surface area contributed by atoms with Gasteiger partial charge in [-0.25, -0.2) is 4.79 Å². The molecule has 2 aromatic rings. The van der Waals surface area contributed by atoms with Crippen LogP contribution in [0, 0.1) is 6.92 Å². The predicted octanol–water partition coefficient (Wildman–Crippen LogP) is 0.238. The Morgan fingerprint density at radius 2 is 2.00 bits per heavy atom. The lowest BCUT2D eigenvalue weighted by molar-refractivity contribution is 0.102. The highest BCUT2D eigenvalue weighted by molar-refractivity contribution is 6.04. The van der Waals surface area contributed by atoms with Crippen molar-refractivity contribution in [2.24, 2.45) is 14.1 Å². The van der Waals surface area contributed by atoms with Crippen molar-refractivity contribution in [3.8, 4) is 0 Å². The molecule has 0 unspecified atom stereocenters. The number of aryl methyl sites for hydroxylation is 2. The highest BCUT2D eigenvalue weighted by Crippen LogP contribution is 2.10. The molecule has 0 radical (unpaired) electrons. The normalized spacial score (nSPS) is 10.5. The molecule has 7 nitrogen and oxygen atoms in total. The number of hydrogen-bond donors (Lipinski definition) is 1. The summed E-state index contributed by atoms with van der Waals surface area (Å²) >= 11 is 0. The second-order valence-electron chi connectivity index (χ2n) is 4.15. The zero-order valence-electron chi connectivity index (χ0n) is 10.8. The fourth-order valence-corrected chi connectivity index (χ4v) is 1.70. The first-order valence-corrected chi connectivity index (χ1v) is 5.54. The number of rotatable bonds is 2. The maximum absolute atomic E-state index is 11.9. The average molecular weight is 263 g/mol. The van der Waals surface area contributed by atoms with Crippen molar-refractivity contribution in [1.82, 2.24) is 9.13 Å². The monoisotopic (exact) mass is 263 g/mol. The summed E-state index contributed by atoms with van der Waals surface area (Å²) in [5.41, 5.74) is -0.633. The largest absolute Gasteiger partial charge is 0.469 e. The Morgan fingerprint density at radius 1 is 1.32 bits per heavy atom. The van der Waals surface area contributed by atoms with E-state index in [9.17, 15) is 14.4 Å². The maximum Gasteiger partial charge on any atom is 0.330 e. The first-order valence-electron chi connectivity index (χ1n) is 5.54. The molecule has 0 atom stereocenters. The summed E-state index contributed by atoms with van der Waals surface area (Å²) in [6.07, 6.45) is 2.68. The van der Waals surface area contributed by atoms with Gasteiger partial charge in [-0.1, -0.05) is 0 Å². The molecular weight excluding hydrogens is 250 g/mol. The van der Waals surface area contributed by atoms with Gasteiger partial charge in [-0.15, -0.1) is 0 Å². The lowest BCUT2D eigenvalue weighted by atomic mass is 10.2. The topological polar surface area (TPSA) is 86.2 Å². The lowest BCUT2D eigenvalue weighted by Crippen LogP contribution is -2.38. The predicted molar refractivity (Wildman–Crippen MR) is 68.3 cm³/mol. The van der Waals surface area contributed by atoms with Gasteiger partial charge in [0.25, 0.3) is 11.5 Å². The van der Waals surface area contributed by atoms with E-state index in [2.05, 4.69) is 5.32 Å². The molecule has 100 valence electrons. The molecule has 0 aliphatic heterocycles. The van der Waals surface area contributed by atoms with Crippen LogP contribution in [0.2, 0.25) is 0 Å². The molecule has 0 aliphatic carbocycles. The van der Waals surface area contributed by atoms with Crippen molar-refractivity contribution >= 4 is 11.6 Å². The Kier molecular flexibility index (Phi) is 3.12. The third kappa shape index (κ3) is 2.22. The average Bonchev–Trinajstić information content (AvgIpc) is 2.79. The summed E-state index contributed by atoms with van der Waals surface area (Å²) in [6.45, 7) is 1.65. The van der Waals surface area contributed by atoms with Crippen LogP contribution in [0.15, 0.2) is 32.5 Å². The molecule has 7 heteroatoms. The van der Waals surface area contributed by atoms with Crippen LogP contribution in [-0.2, 0) is 14.1 Å². The van der Waals surface area contributed by atoms with E-state index in [1.54, 1.807) is 6.92 Å². The Balaban J connectivity index is 2.41. The molecule has 0 bridgehead atoms. The maximum atomic E-state index is 11.9. The van der Waals surface area contributed by atoms with Crippen molar-refractivity contribution < 1.29 is 9.21 Å². The highest BCUT2D eigenvalue weighted by Gasteiger charge is 2.14. The van der Waals surface area contributed by atoms with Gasteiger partial charge in [-0.05, 0) is 13.0 Å². The standard InChI is InChI=1S/C12H13N3O4/c1-7-8(4-5-19-7)10(16)13-9-6-14(2)12(18)15(3)11(9)17/h4-6H,1-3H3,(H,13,16). The van der Waals surface area contributed by atoms with E-state index in [-0.39, 0.29) is 5.69 Å². The Hall–Kier alpha value is -2.57. The number of carbonyl (C=O) groups is 1. The Bertz CT molecular complexity index is 751. The molecule has 2 heterocycles. The second kappa shape index (κ2) is 4.60. The number of anilines is 1. The van der Waals surface area contributed by atoms with E-state index in [1.807, 2.05) is 0 Å². The Morgan fingerprint density at radius 3 is 2.58 bits per heavy atom. The summed E-state index contributed by atoms with van der Waals surface area (Å²) in [5, 5.41) is 2.47. The molecule has 19 heavy (non-hydrogen) atoms. The van der Waals surface area contributed by atoms with Crippen LogP contribution in [0.3, 0.4) is 0 Å². The van der Waals surface area contributed by atoms with Gasteiger partial charge >= 0.3 is 5.69 Å². The smallest absolute Gasteiger partial charge is 0.330 e. The van der Waals surface area contributed by atoms with Crippen molar-refractivity contribution in [3.63, 3.8) is 0 Å². The minimum Gasteiger partial charge on any atom is -0.469 e. The van der Waals surface area contributed by atoms with Gasteiger partial charge < -0.3 is 14.3 Å². The molecule has 2 aromatic heterocycles. The summed E-state index contributed by atoms with van der Waals surface area (Å²) in [4.78, 5) is 35.3. The SMILES string of the molecule is Cc1occc1C(=O)Nc1cn(C)c(=O)n(C)c1=O. The number of furan rings is 1. The van der Waals surface area contributed by atoms with Crippen LogP contribution in [0.25, 0.3) is 0 Å². The number of aromatic nitrogens is 2. The van der Waals surface area contributed by atoms with Gasteiger partial charge in [-0.2, -0.15) is 0 Å². The first-order chi connectivity index (χ1) is 8.91. The zero-order chi connectivity index (χ0) is 14.2. The van der Waals surface area contributed by atoms with E-state index < -0.39 is 17.2 Å². The van der Waals surface area contributed by atoms with Crippen molar-refractivity contribution in [2.75, 3.05) is 5.32 Å². The third-order valence-electron chi connectivity index (χ3n) is 2.80. The first kappa shape index (κ1) is 12.9. The van der Waals surface area contributed by atoms with Crippen molar-refractivity contribution in [2.45, 2.75) is 6.92 Å². The molecular formula is C12H13N3O4. The fraction of sp³-hybridized carbons (Fsp3) is 0.250. The number of carbonyl (C=O) groups excluding carboxylic acids is 1. The summed E-state index contributed by atoms with van der Waals surface area (Å²) in [7, 11) is 2.85. The molecule has 0 fully saturated rings. The van der Waals surface area contributed by atoms with E-state index in [0.717, 1.165) is 4.57 Å². The number of nitrogens with one attached hydrogen (secondary N) is 1. The van der Waals surface area contributed by atoms with Gasteiger partial charge in [0, 0.05) is 20.3 Å². The van der Waals surface area contributed by atoms with Gasteiger partial charge in [0.1, 0.15) is 11.4 Å². The van der Waals surface area contributed by atoms with Crippen LogP contribution in [0.1, 0.15) is 16.1 Å². The van der Waals surface area contributed by atoms with Gasteiger partial charge in [0.15, 0.2) is 0 Å². The second-order valence-corrected chi connectivity index (χ2v) is 4.15. The third-order valence-corrected chi connectivity index (χ3v) is 2.80. The van der Waals surface area contributed by atoms with Gasteiger partial charge in [0.05, 0.1) is 11.8 Å². The van der Waals surface area contributed by atoms with Crippen LogP contribution < -0.4 is 16.6 Å². The molecule has 0 saturated carbocycles. The van der Waals surface area contributed by atoms with Crippen LogP contribution in [0.5, 0.6) is 0 Å². The number of amides is 1. The molecule has 0 saturated heterocycles. The minimum atomic E-state index is -0.558. The minimum absolute atomic E-state index is 0.0372. The van der Waals surface area contributed by atoms with E-state index >= 15 is 0 Å². The molecule has 1 N–H and O–H groups in total. The molecule has 1 amide bonds. The summed E-state index contributed by atoms with van der Waals surface area (Å²) < 4.78 is 7.17. The quantitative estimate of drug-likeness (QED) is 0.840. The molecule has 0 spiro atoms. The fourth-order valence-electron chi connectivity index (χ4n) is 1.70. The van der Waals surface area contributed by atoms with E-state index in [4.69, 9.17) is 4.42 Å². The van der Waals surface area contributed by atoms with Crippen LogP contribution >= 0.6 is 0 Å². The van der Waals surface area contributed by atoms with E-state index in [1.165, 1.54) is 37.2 Å². The van der Waals surface area contributed by atoms with Crippen molar-refractivity contribution in [3.05, 3.63) is 50.7 Å². The summed E-state index contributed by atoms with van der Waals surface area (Å²) in [6, 6.07) is 1.51. The highest BCUT2D eigenvalue weighted by atomic mass is 16.3. The van der Waals surface area contributed by atoms with Crippen LogP contribution in [0.4, 0.5) is 5.69 Å². The number of hydrogen-bond acceptors (Lipinski definition) is 4. The molecule has 0 aliphatic rings.